The molecule has 0 heterocycles. The maximum absolute atomic E-state index is 10.5. The summed E-state index contributed by atoms with van der Waals surface area (Å²) in [6.45, 7) is 0. The highest BCUT2D eigenvalue weighted by molar-refractivity contribution is 5.89. The number of carboxylic acids is 2. The summed E-state index contributed by atoms with van der Waals surface area (Å²) in [4.78, 5) is 20.7. The van der Waals surface area contributed by atoms with Crippen molar-refractivity contribution in [2.75, 3.05) is 0 Å². The normalized spacial score (nSPS) is 9.54. The van der Waals surface area contributed by atoms with Gasteiger partial charge in [0.2, 0.25) is 0 Å². The number of carbonyl (C=O) groups excluding carboxylic acids is 2. The molecule has 0 unspecified atom stereocenters. The molecule has 0 atom stereocenters. The minimum absolute atomic E-state index is 0.105. The van der Waals surface area contributed by atoms with Crippen LogP contribution in [0.3, 0.4) is 0 Å². The number of hydrogen-bond acceptors (Lipinski definition) is 4. The third-order valence-corrected chi connectivity index (χ3v) is 1.57. The van der Waals surface area contributed by atoms with Crippen LogP contribution in [0.1, 0.15) is 15.9 Å². The van der Waals surface area contributed by atoms with Crippen molar-refractivity contribution in [3.05, 3.63) is 35.4 Å². The molecule has 0 aliphatic carbocycles. The molecule has 1 rings (SSSR count). The molecule has 1 aromatic carbocycles. The third-order valence-electron chi connectivity index (χ3n) is 1.57. The quantitative estimate of drug-likeness (QED) is 0.555. The maximum Gasteiger partial charge on any atom is 0.0718 e. The molecular formula is C9H6O4-2. The first kappa shape index (κ1) is 9.25. The number of aliphatic carboxylic acids is 1. The smallest absolute Gasteiger partial charge is 0.0718 e. The van der Waals surface area contributed by atoms with Crippen LogP contribution in [0.4, 0.5) is 0 Å². The van der Waals surface area contributed by atoms with Gasteiger partial charge in [0.1, 0.15) is 0 Å². The van der Waals surface area contributed by atoms with Gasteiger partial charge in [-0.3, -0.25) is 0 Å². The zero-order valence-electron chi connectivity index (χ0n) is 6.65. The molecule has 0 fully saturated rings. The number of carbonyl (C=O) groups is 2. The molecule has 68 valence electrons. The van der Waals surface area contributed by atoms with Crippen molar-refractivity contribution in [1.82, 2.24) is 0 Å². The predicted molar refractivity (Wildman–Crippen MR) is 39.5 cm³/mol. The van der Waals surface area contributed by atoms with E-state index in [1.807, 2.05) is 0 Å². The van der Waals surface area contributed by atoms with E-state index in [0.717, 1.165) is 0 Å². The molecule has 4 heteroatoms. The highest BCUT2D eigenvalue weighted by atomic mass is 16.4. The van der Waals surface area contributed by atoms with Crippen molar-refractivity contribution in [2.45, 2.75) is 6.42 Å². The number of carboxylic acid groups (broad SMARTS) is 2. The summed E-state index contributed by atoms with van der Waals surface area (Å²) in [5.74, 6) is -2.69. The molecule has 0 aliphatic rings. The lowest BCUT2D eigenvalue weighted by atomic mass is 10.1. The molecule has 13 heavy (non-hydrogen) atoms. The summed E-state index contributed by atoms with van der Waals surface area (Å²) in [5.41, 5.74) is 0.0919. The topological polar surface area (TPSA) is 80.3 Å². The van der Waals surface area contributed by atoms with Gasteiger partial charge in [0, 0.05) is 18.0 Å². The fraction of sp³-hybridized carbons (Fsp3) is 0.111. The molecule has 1 aromatic rings. The van der Waals surface area contributed by atoms with Crippen molar-refractivity contribution >= 4 is 11.9 Å². The third kappa shape index (κ3) is 2.30. The molecule has 0 N–H and O–H groups in total. The van der Waals surface area contributed by atoms with E-state index in [1.165, 1.54) is 18.2 Å². The molecule has 0 aliphatic heterocycles. The summed E-state index contributed by atoms with van der Waals surface area (Å²) >= 11 is 0. The van der Waals surface area contributed by atoms with Crippen molar-refractivity contribution in [1.29, 1.82) is 0 Å². The van der Waals surface area contributed by atoms with E-state index in [0.29, 0.717) is 0 Å². The predicted octanol–water partition coefficient (Wildman–Crippen LogP) is -1.66. The Morgan fingerprint density at radius 2 is 1.77 bits per heavy atom. The Morgan fingerprint density at radius 3 is 2.31 bits per heavy atom. The van der Waals surface area contributed by atoms with Crippen LogP contribution in [-0.2, 0) is 11.2 Å². The summed E-state index contributed by atoms with van der Waals surface area (Å²) in [6, 6.07) is 5.78. The van der Waals surface area contributed by atoms with Crippen LogP contribution < -0.4 is 10.2 Å². The molecule has 0 amide bonds. The molecule has 0 spiro atoms. The second-order valence-corrected chi connectivity index (χ2v) is 2.49. The summed E-state index contributed by atoms with van der Waals surface area (Å²) in [7, 11) is 0. The Bertz CT molecular complexity index is 343. The maximum atomic E-state index is 10.5. The van der Waals surface area contributed by atoms with Crippen molar-refractivity contribution in [3.8, 4) is 0 Å². The lowest BCUT2D eigenvalue weighted by molar-refractivity contribution is -0.304. The van der Waals surface area contributed by atoms with E-state index in [2.05, 4.69) is 0 Å². The van der Waals surface area contributed by atoms with Crippen LogP contribution in [-0.4, -0.2) is 11.9 Å². The second-order valence-electron chi connectivity index (χ2n) is 2.49. The van der Waals surface area contributed by atoms with Gasteiger partial charge >= 0.3 is 0 Å². The van der Waals surface area contributed by atoms with Gasteiger partial charge in [-0.25, -0.2) is 0 Å². The molecule has 0 saturated carbocycles. The number of benzene rings is 1. The van der Waals surface area contributed by atoms with E-state index < -0.39 is 18.4 Å². The Hall–Kier alpha value is -1.84. The highest BCUT2D eigenvalue weighted by Crippen LogP contribution is 2.07. The van der Waals surface area contributed by atoms with Gasteiger partial charge in [-0.15, -0.1) is 0 Å². The Labute approximate surface area is 74.4 Å². The van der Waals surface area contributed by atoms with E-state index in [-0.39, 0.29) is 11.1 Å². The van der Waals surface area contributed by atoms with Gasteiger partial charge in [-0.2, -0.15) is 0 Å². The van der Waals surface area contributed by atoms with Gasteiger partial charge in [-0.05, 0) is 5.56 Å². The molecule has 0 bridgehead atoms. The van der Waals surface area contributed by atoms with Crippen molar-refractivity contribution in [2.24, 2.45) is 0 Å². The van der Waals surface area contributed by atoms with Crippen LogP contribution in [0.5, 0.6) is 0 Å². The molecular weight excluding hydrogens is 172 g/mol. The zero-order valence-corrected chi connectivity index (χ0v) is 6.65. The average Bonchev–Trinajstić information content (AvgIpc) is 2.03. The zero-order chi connectivity index (χ0) is 9.84. The van der Waals surface area contributed by atoms with Crippen molar-refractivity contribution < 1.29 is 19.8 Å². The Balaban J connectivity index is 3.04. The van der Waals surface area contributed by atoms with E-state index in [4.69, 9.17) is 0 Å². The number of aromatic carboxylic acids is 1. The van der Waals surface area contributed by atoms with Gasteiger partial charge in [0.25, 0.3) is 0 Å². The second kappa shape index (κ2) is 3.71. The molecule has 0 radical (unpaired) electrons. The van der Waals surface area contributed by atoms with Gasteiger partial charge in [0.15, 0.2) is 0 Å². The van der Waals surface area contributed by atoms with Crippen LogP contribution in [0.25, 0.3) is 0 Å². The summed E-state index contributed by atoms with van der Waals surface area (Å²) < 4.78 is 0. The first-order valence-electron chi connectivity index (χ1n) is 3.60. The Kier molecular flexibility index (Phi) is 2.64. The fourth-order valence-electron chi connectivity index (χ4n) is 1.03. The first-order chi connectivity index (χ1) is 6.11. The SMILES string of the molecule is O=C([O-])Cc1ccccc1C(=O)[O-]. The minimum atomic E-state index is -1.38. The van der Waals surface area contributed by atoms with E-state index in [1.54, 1.807) is 6.07 Å². The minimum Gasteiger partial charge on any atom is -0.550 e. The van der Waals surface area contributed by atoms with Gasteiger partial charge < -0.3 is 19.8 Å². The van der Waals surface area contributed by atoms with Crippen molar-refractivity contribution in [3.63, 3.8) is 0 Å². The Morgan fingerprint density at radius 1 is 1.15 bits per heavy atom. The largest absolute Gasteiger partial charge is 0.550 e. The number of rotatable bonds is 3. The van der Waals surface area contributed by atoms with Gasteiger partial charge in [-0.1, -0.05) is 24.3 Å². The van der Waals surface area contributed by atoms with Crippen LogP contribution >= 0.6 is 0 Å². The lowest BCUT2D eigenvalue weighted by Crippen LogP contribution is -2.28. The lowest BCUT2D eigenvalue weighted by Gasteiger charge is -2.09. The highest BCUT2D eigenvalue weighted by Gasteiger charge is 2.01. The van der Waals surface area contributed by atoms with Crippen LogP contribution in [0.15, 0.2) is 24.3 Å². The molecule has 0 saturated heterocycles. The summed E-state index contributed by atoms with van der Waals surface area (Å²) in [5, 5.41) is 20.7. The standard InChI is InChI=1S/C9H8O4/c10-8(11)5-6-3-1-2-4-7(6)9(12)13/h1-4H,5H2,(H,10,11)(H,12,13)/p-2. The van der Waals surface area contributed by atoms with Gasteiger partial charge in [0.05, 0.1) is 5.97 Å². The average molecular weight is 178 g/mol. The molecule has 0 aromatic heterocycles. The van der Waals surface area contributed by atoms with Crippen LogP contribution in [0, 0.1) is 0 Å². The monoisotopic (exact) mass is 178 g/mol. The first-order valence-corrected chi connectivity index (χ1v) is 3.60. The van der Waals surface area contributed by atoms with E-state index in [9.17, 15) is 19.8 Å². The fourth-order valence-corrected chi connectivity index (χ4v) is 1.03. The van der Waals surface area contributed by atoms with Crippen LogP contribution in [0.2, 0.25) is 0 Å². The molecule has 4 nitrogen and oxygen atoms in total. The summed E-state index contributed by atoms with van der Waals surface area (Å²) in [6.07, 6.45) is -0.413. The number of hydrogen-bond donors (Lipinski definition) is 0. The van der Waals surface area contributed by atoms with E-state index >= 15 is 0 Å².